The van der Waals surface area contributed by atoms with Gasteiger partial charge < -0.3 is 9.22 Å². The van der Waals surface area contributed by atoms with Crippen molar-refractivity contribution in [3.05, 3.63) is 107 Å². The molecule has 0 amide bonds. The van der Waals surface area contributed by atoms with Gasteiger partial charge in [0.25, 0.3) is 0 Å². The molecule has 3 rings (SSSR count). The number of benzene rings is 3. The molecule has 0 aliphatic heterocycles. The number of hydrogen-bond acceptors (Lipinski definition) is 2. The Balaban J connectivity index is 1.47. The van der Waals surface area contributed by atoms with Crippen LogP contribution in [-0.2, 0) is 22.1 Å². The second kappa shape index (κ2) is 13.3. The van der Waals surface area contributed by atoms with E-state index in [0.717, 1.165) is 45.0 Å². The minimum Gasteiger partial charge on any atom is -0.417 e. The minimum atomic E-state index is 0.0141. The molecule has 0 spiro atoms. The van der Waals surface area contributed by atoms with Gasteiger partial charge in [0.1, 0.15) is 6.29 Å². The summed E-state index contributed by atoms with van der Waals surface area (Å²) in [5.74, 6) is 0.307. The van der Waals surface area contributed by atoms with Crippen LogP contribution in [0.1, 0.15) is 67.7 Å². The molecule has 0 N–H and O–H groups in total. The van der Waals surface area contributed by atoms with Crippen LogP contribution in [0.5, 0.6) is 0 Å². The lowest BCUT2D eigenvalue weighted by Gasteiger charge is -2.34. The molecule has 0 fully saturated rings. The minimum absolute atomic E-state index is 0.0141. The van der Waals surface area contributed by atoms with Crippen molar-refractivity contribution in [2.24, 2.45) is 0 Å². The maximum Gasteiger partial charge on any atom is 0.236 e. The summed E-state index contributed by atoms with van der Waals surface area (Å²) in [4.78, 5) is 10.7. The summed E-state index contributed by atoms with van der Waals surface area (Å²) in [6.45, 7) is 5.46. The summed E-state index contributed by atoms with van der Waals surface area (Å²) in [5, 5.41) is 0.0141. The van der Waals surface area contributed by atoms with E-state index in [1.54, 1.807) is 0 Å². The fourth-order valence-corrected chi connectivity index (χ4v) is 5.61. The highest BCUT2D eigenvalue weighted by atomic mass is 28.2. The first kappa shape index (κ1) is 25.1. The highest BCUT2D eigenvalue weighted by Gasteiger charge is 2.33. The zero-order chi connectivity index (χ0) is 23.4. The summed E-state index contributed by atoms with van der Waals surface area (Å²) >= 11 is 0. The summed E-state index contributed by atoms with van der Waals surface area (Å²) in [6.07, 6.45) is 6.94. The van der Waals surface area contributed by atoms with Gasteiger partial charge in [0.2, 0.25) is 9.76 Å². The molecule has 0 unspecified atom stereocenters. The summed E-state index contributed by atoms with van der Waals surface area (Å²) in [7, 11) is 0.440. The van der Waals surface area contributed by atoms with E-state index < -0.39 is 0 Å². The Morgan fingerprint density at radius 3 is 1.88 bits per heavy atom. The average molecular weight is 457 g/mol. The van der Waals surface area contributed by atoms with Gasteiger partial charge in [-0.3, -0.25) is 0 Å². The van der Waals surface area contributed by atoms with Crippen LogP contribution in [0.25, 0.3) is 0 Å². The highest BCUT2D eigenvalue weighted by molar-refractivity contribution is 6.32. The molecule has 2 radical (unpaired) electrons. The zero-order valence-electron chi connectivity index (χ0n) is 20.0. The van der Waals surface area contributed by atoms with E-state index in [2.05, 4.69) is 98.8 Å². The number of unbranched alkanes of at least 4 members (excludes halogenated alkanes) is 2. The molecule has 33 heavy (non-hydrogen) atoms. The van der Waals surface area contributed by atoms with Crippen molar-refractivity contribution in [1.82, 2.24) is 0 Å². The van der Waals surface area contributed by atoms with Gasteiger partial charge in [-0.15, -0.1) is 0 Å². The van der Waals surface area contributed by atoms with Crippen molar-refractivity contribution in [3.63, 3.8) is 0 Å². The van der Waals surface area contributed by atoms with E-state index in [9.17, 15) is 4.79 Å². The van der Waals surface area contributed by atoms with Crippen LogP contribution < -0.4 is 0 Å². The molecule has 3 aromatic carbocycles. The Hall–Kier alpha value is -2.49. The van der Waals surface area contributed by atoms with E-state index in [1.807, 2.05) is 0 Å². The van der Waals surface area contributed by atoms with Gasteiger partial charge in [-0.25, -0.2) is 0 Å². The van der Waals surface area contributed by atoms with Crippen molar-refractivity contribution in [2.45, 2.75) is 63.3 Å². The Bertz CT molecular complexity index is 914. The quantitative estimate of drug-likeness (QED) is 0.146. The largest absolute Gasteiger partial charge is 0.417 e. The van der Waals surface area contributed by atoms with E-state index in [0.29, 0.717) is 22.1 Å². The lowest BCUT2D eigenvalue weighted by atomic mass is 9.82. The van der Waals surface area contributed by atoms with Crippen LogP contribution in [0.3, 0.4) is 0 Å². The lowest BCUT2D eigenvalue weighted by Crippen LogP contribution is -2.25. The number of carbonyl (C=O) groups excluding carboxylic acids is 1. The van der Waals surface area contributed by atoms with E-state index in [-0.39, 0.29) is 5.04 Å². The molecule has 3 aromatic rings. The summed E-state index contributed by atoms with van der Waals surface area (Å²) in [6, 6.07) is 30.1. The third-order valence-electron chi connectivity index (χ3n) is 6.17. The Labute approximate surface area is 202 Å². The molecule has 0 heterocycles. The molecule has 2 nitrogen and oxygen atoms in total. The monoisotopic (exact) mass is 456 g/mol. The molecule has 0 atom stereocenters. The van der Waals surface area contributed by atoms with Gasteiger partial charge in [0.05, 0.1) is 0 Å². The maximum atomic E-state index is 10.7. The Morgan fingerprint density at radius 2 is 1.30 bits per heavy atom. The van der Waals surface area contributed by atoms with Gasteiger partial charge >= 0.3 is 0 Å². The normalized spacial score (nSPS) is 11.6. The molecule has 0 aliphatic carbocycles. The zero-order valence-corrected chi connectivity index (χ0v) is 21.0. The van der Waals surface area contributed by atoms with Crippen LogP contribution in [0.2, 0.25) is 5.04 Å². The van der Waals surface area contributed by atoms with Crippen molar-refractivity contribution in [3.8, 4) is 0 Å². The second-order valence-corrected chi connectivity index (χ2v) is 11.0. The molecule has 3 heteroatoms. The van der Waals surface area contributed by atoms with Crippen molar-refractivity contribution in [1.29, 1.82) is 0 Å². The van der Waals surface area contributed by atoms with Crippen molar-refractivity contribution in [2.75, 3.05) is 6.61 Å². The first-order valence-corrected chi connectivity index (χ1v) is 13.0. The highest BCUT2D eigenvalue weighted by Crippen LogP contribution is 2.45. The molecular formula is C30H36O2Si. The predicted molar refractivity (Wildman–Crippen MR) is 139 cm³/mol. The van der Waals surface area contributed by atoms with Gasteiger partial charge in [-0.2, -0.15) is 0 Å². The van der Waals surface area contributed by atoms with Gasteiger partial charge in [-0.1, -0.05) is 105 Å². The molecule has 0 aromatic heterocycles. The predicted octanol–water partition coefficient (Wildman–Crippen LogP) is 7.20. The topological polar surface area (TPSA) is 26.3 Å². The van der Waals surface area contributed by atoms with E-state index >= 15 is 0 Å². The first-order chi connectivity index (χ1) is 16.1. The van der Waals surface area contributed by atoms with E-state index in [4.69, 9.17) is 4.43 Å². The summed E-state index contributed by atoms with van der Waals surface area (Å²) in [5.41, 5.74) is 5.39. The molecule has 0 saturated heterocycles. The molecule has 172 valence electrons. The number of aryl methyl sites for hydroxylation is 2. The van der Waals surface area contributed by atoms with Crippen LogP contribution >= 0.6 is 0 Å². The van der Waals surface area contributed by atoms with Crippen LogP contribution in [-0.4, -0.2) is 22.7 Å². The van der Waals surface area contributed by atoms with E-state index in [1.165, 1.54) is 22.3 Å². The van der Waals surface area contributed by atoms with Gasteiger partial charge in [-0.05, 0) is 53.0 Å². The van der Waals surface area contributed by atoms with Crippen LogP contribution in [0, 0.1) is 0 Å². The summed E-state index contributed by atoms with van der Waals surface area (Å²) < 4.78 is 6.24. The number of aldehydes is 1. The van der Waals surface area contributed by atoms with Crippen LogP contribution in [0.15, 0.2) is 84.9 Å². The standard InChI is InChI=1S/C30H36O2Si/c1-30(2,29(27-18-6-3-7-19-27)28-20-8-4-9-21-28)33-32-24-13-5-10-15-25-16-11-12-17-26(25)22-14-23-31/h3-4,6-9,11-12,16-21,23,29H,5,10,13-15,22,24H2,1-2H3. The van der Waals surface area contributed by atoms with Gasteiger partial charge in [0.15, 0.2) is 0 Å². The maximum absolute atomic E-state index is 10.7. The fourth-order valence-electron chi connectivity index (χ4n) is 4.54. The molecule has 0 saturated carbocycles. The number of rotatable bonds is 14. The lowest BCUT2D eigenvalue weighted by molar-refractivity contribution is -0.107. The Morgan fingerprint density at radius 1 is 0.758 bits per heavy atom. The smallest absolute Gasteiger partial charge is 0.236 e. The SMILES string of the molecule is CC(C)([Si]OCCCCCc1ccccc1CCC=O)C(c1ccccc1)c1ccccc1. The number of hydrogen-bond donors (Lipinski definition) is 0. The first-order valence-electron chi connectivity index (χ1n) is 12.1. The van der Waals surface area contributed by atoms with Gasteiger partial charge in [0, 0.05) is 18.9 Å². The third kappa shape index (κ3) is 7.80. The second-order valence-electron chi connectivity index (χ2n) is 9.21. The number of carbonyl (C=O) groups is 1. The molecular weight excluding hydrogens is 420 g/mol. The van der Waals surface area contributed by atoms with Crippen LogP contribution in [0.4, 0.5) is 0 Å². The third-order valence-corrected chi connectivity index (χ3v) is 7.33. The molecule has 0 bridgehead atoms. The van der Waals surface area contributed by atoms with Crippen molar-refractivity contribution < 1.29 is 9.22 Å². The Kier molecular flexibility index (Phi) is 10.1. The average Bonchev–Trinajstić information content (AvgIpc) is 2.84. The molecule has 0 aliphatic rings. The van der Waals surface area contributed by atoms with Crippen molar-refractivity contribution >= 4 is 16.0 Å². The fraction of sp³-hybridized carbons (Fsp3) is 0.367.